The molecular formula is C15H18F2N2O2. The van der Waals surface area contributed by atoms with Gasteiger partial charge in [-0.25, -0.2) is 8.78 Å². The topological polar surface area (TPSA) is 58.2 Å². The van der Waals surface area contributed by atoms with Gasteiger partial charge >= 0.3 is 0 Å². The van der Waals surface area contributed by atoms with Crippen molar-refractivity contribution in [2.75, 3.05) is 5.32 Å². The first-order valence-corrected chi connectivity index (χ1v) is 7.01. The maximum atomic E-state index is 14.1. The van der Waals surface area contributed by atoms with Gasteiger partial charge in [-0.05, 0) is 30.4 Å². The molecule has 1 aromatic carbocycles. The average Bonchev–Trinajstić information content (AvgIpc) is 2.44. The molecule has 2 amide bonds. The number of nitrogens with one attached hydrogen (secondary N) is 2. The molecule has 1 fully saturated rings. The van der Waals surface area contributed by atoms with Gasteiger partial charge in [-0.1, -0.05) is 13.8 Å². The normalized spacial score (nSPS) is 20.1. The van der Waals surface area contributed by atoms with Gasteiger partial charge in [0.05, 0.1) is 5.69 Å². The summed E-state index contributed by atoms with van der Waals surface area (Å²) >= 11 is 0. The predicted octanol–water partition coefficient (Wildman–Crippen LogP) is 2.70. The molecule has 0 radical (unpaired) electrons. The molecule has 114 valence electrons. The second-order valence-corrected chi connectivity index (χ2v) is 5.31. The van der Waals surface area contributed by atoms with Crippen LogP contribution < -0.4 is 10.6 Å². The third kappa shape index (κ3) is 3.37. The fourth-order valence-electron chi connectivity index (χ4n) is 2.29. The van der Waals surface area contributed by atoms with Crippen molar-refractivity contribution in [1.29, 1.82) is 0 Å². The molecule has 0 aliphatic carbocycles. The van der Waals surface area contributed by atoms with E-state index in [2.05, 4.69) is 10.6 Å². The molecule has 0 bridgehead atoms. The number of anilines is 1. The SMILES string of the molecule is CCC(C)c1cc(F)c(NC2CCC(=O)NC2=O)cc1F. The van der Waals surface area contributed by atoms with Crippen molar-refractivity contribution in [3.8, 4) is 0 Å². The van der Waals surface area contributed by atoms with Crippen molar-refractivity contribution in [3.63, 3.8) is 0 Å². The van der Waals surface area contributed by atoms with Crippen molar-refractivity contribution in [2.24, 2.45) is 0 Å². The Labute approximate surface area is 121 Å². The van der Waals surface area contributed by atoms with Crippen LogP contribution in [0.1, 0.15) is 44.6 Å². The summed E-state index contributed by atoms with van der Waals surface area (Å²) in [6, 6.07) is 1.50. The lowest BCUT2D eigenvalue weighted by Gasteiger charge is -2.23. The van der Waals surface area contributed by atoms with Gasteiger partial charge in [-0.2, -0.15) is 0 Å². The number of carbonyl (C=O) groups excluding carboxylic acids is 2. The van der Waals surface area contributed by atoms with E-state index in [-0.39, 0.29) is 30.4 Å². The highest BCUT2D eigenvalue weighted by atomic mass is 19.1. The van der Waals surface area contributed by atoms with E-state index in [1.165, 1.54) is 0 Å². The van der Waals surface area contributed by atoms with Crippen molar-refractivity contribution >= 4 is 17.5 Å². The van der Waals surface area contributed by atoms with Gasteiger partial charge in [0.2, 0.25) is 11.8 Å². The molecule has 2 atom stereocenters. The Morgan fingerprint density at radius 3 is 2.67 bits per heavy atom. The molecule has 21 heavy (non-hydrogen) atoms. The highest BCUT2D eigenvalue weighted by molar-refractivity contribution is 6.01. The van der Waals surface area contributed by atoms with Crippen LogP contribution in [0, 0.1) is 11.6 Å². The van der Waals surface area contributed by atoms with Gasteiger partial charge in [0.25, 0.3) is 0 Å². The van der Waals surface area contributed by atoms with E-state index in [1.54, 1.807) is 0 Å². The minimum atomic E-state index is -0.731. The van der Waals surface area contributed by atoms with E-state index in [4.69, 9.17) is 0 Å². The van der Waals surface area contributed by atoms with Crippen LogP contribution in [-0.4, -0.2) is 17.9 Å². The zero-order valence-corrected chi connectivity index (χ0v) is 12.0. The van der Waals surface area contributed by atoms with Crippen LogP contribution in [0.4, 0.5) is 14.5 Å². The summed E-state index contributed by atoms with van der Waals surface area (Å²) in [5.74, 6) is -2.05. The number of piperidine rings is 1. The molecule has 1 aliphatic heterocycles. The van der Waals surface area contributed by atoms with E-state index < -0.39 is 23.6 Å². The van der Waals surface area contributed by atoms with Gasteiger partial charge in [-0.3, -0.25) is 14.9 Å². The van der Waals surface area contributed by atoms with Gasteiger partial charge in [-0.15, -0.1) is 0 Å². The predicted molar refractivity (Wildman–Crippen MR) is 74.9 cm³/mol. The summed E-state index contributed by atoms with van der Waals surface area (Å²) in [5, 5.41) is 4.83. The zero-order valence-electron chi connectivity index (χ0n) is 12.0. The van der Waals surface area contributed by atoms with Crippen LogP contribution in [0.25, 0.3) is 0 Å². The summed E-state index contributed by atoms with van der Waals surface area (Å²) in [4.78, 5) is 22.7. The molecule has 2 rings (SSSR count). The monoisotopic (exact) mass is 296 g/mol. The van der Waals surface area contributed by atoms with Crippen LogP contribution in [0.5, 0.6) is 0 Å². The highest BCUT2D eigenvalue weighted by Gasteiger charge is 2.27. The smallest absolute Gasteiger partial charge is 0.249 e. The molecule has 1 aromatic rings. The van der Waals surface area contributed by atoms with Gasteiger partial charge in [0.15, 0.2) is 0 Å². The molecular weight excluding hydrogens is 278 g/mol. The lowest BCUT2D eigenvalue weighted by atomic mass is 9.97. The number of hydrogen-bond acceptors (Lipinski definition) is 3. The van der Waals surface area contributed by atoms with Gasteiger partial charge in [0, 0.05) is 12.5 Å². The van der Waals surface area contributed by atoms with Gasteiger partial charge in [0.1, 0.15) is 17.7 Å². The Hall–Kier alpha value is -1.98. The molecule has 1 aliphatic rings. The minimum absolute atomic E-state index is 0.0611. The van der Waals surface area contributed by atoms with E-state index >= 15 is 0 Å². The zero-order chi connectivity index (χ0) is 15.6. The molecule has 2 N–H and O–H groups in total. The lowest BCUT2D eigenvalue weighted by Crippen LogP contribution is -2.47. The molecule has 0 aromatic heterocycles. The number of benzene rings is 1. The molecule has 1 saturated heterocycles. The van der Waals surface area contributed by atoms with Crippen molar-refractivity contribution in [2.45, 2.75) is 45.1 Å². The average molecular weight is 296 g/mol. The van der Waals surface area contributed by atoms with Crippen molar-refractivity contribution in [1.82, 2.24) is 5.32 Å². The fraction of sp³-hybridized carbons (Fsp3) is 0.467. The molecule has 1 heterocycles. The summed E-state index contributed by atoms with van der Waals surface area (Å²) in [6.45, 7) is 3.72. The Bertz CT molecular complexity index is 575. The Morgan fingerprint density at radius 1 is 1.33 bits per heavy atom. The minimum Gasteiger partial charge on any atom is -0.371 e. The molecule has 2 unspecified atom stereocenters. The standard InChI is InChI=1S/C15H18F2N2O2/c1-3-8(2)9-6-11(17)13(7-10(9)16)18-12-4-5-14(20)19-15(12)21/h6-8,12,18H,3-5H2,1-2H3,(H,19,20,21). The molecule has 6 heteroatoms. The number of amides is 2. The van der Waals surface area contributed by atoms with E-state index in [0.29, 0.717) is 12.0 Å². The maximum absolute atomic E-state index is 14.1. The van der Waals surface area contributed by atoms with Crippen LogP contribution in [0.2, 0.25) is 0 Å². The summed E-state index contributed by atoms with van der Waals surface area (Å²) in [7, 11) is 0. The molecule has 0 saturated carbocycles. The van der Waals surface area contributed by atoms with Crippen LogP contribution in [0.3, 0.4) is 0 Å². The highest BCUT2D eigenvalue weighted by Crippen LogP contribution is 2.27. The van der Waals surface area contributed by atoms with E-state index in [1.807, 2.05) is 13.8 Å². The molecule has 4 nitrogen and oxygen atoms in total. The summed E-state index contributed by atoms with van der Waals surface area (Å²) < 4.78 is 28.1. The second kappa shape index (κ2) is 6.20. The number of carbonyl (C=O) groups is 2. The first kappa shape index (κ1) is 15.4. The number of imide groups is 1. The summed E-state index contributed by atoms with van der Waals surface area (Å²) in [6.07, 6.45) is 1.15. The Kier molecular flexibility index (Phi) is 4.55. The van der Waals surface area contributed by atoms with Crippen molar-refractivity contribution in [3.05, 3.63) is 29.3 Å². The number of halogens is 2. The lowest BCUT2D eigenvalue weighted by molar-refractivity contribution is -0.133. The maximum Gasteiger partial charge on any atom is 0.249 e. The quantitative estimate of drug-likeness (QED) is 0.840. The van der Waals surface area contributed by atoms with E-state index in [9.17, 15) is 18.4 Å². The van der Waals surface area contributed by atoms with Crippen LogP contribution >= 0.6 is 0 Å². The molecule has 0 spiro atoms. The third-order valence-corrected chi connectivity index (χ3v) is 3.80. The third-order valence-electron chi connectivity index (χ3n) is 3.80. The first-order valence-electron chi connectivity index (χ1n) is 7.01. The fourth-order valence-corrected chi connectivity index (χ4v) is 2.29. The Morgan fingerprint density at radius 2 is 2.05 bits per heavy atom. The second-order valence-electron chi connectivity index (χ2n) is 5.31. The summed E-state index contributed by atoms with van der Waals surface area (Å²) in [5.41, 5.74) is 0.262. The number of rotatable bonds is 4. The number of hydrogen-bond donors (Lipinski definition) is 2. The Balaban J connectivity index is 2.19. The van der Waals surface area contributed by atoms with Crippen molar-refractivity contribution < 1.29 is 18.4 Å². The van der Waals surface area contributed by atoms with Gasteiger partial charge < -0.3 is 5.32 Å². The van der Waals surface area contributed by atoms with Crippen LogP contribution in [-0.2, 0) is 9.59 Å². The first-order chi connectivity index (χ1) is 9.92. The van der Waals surface area contributed by atoms with E-state index in [0.717, 1.165) is 12.1 Å². The van der Waals surface area contributed by atoms with Crippen LogP contribution in [0.15, 0.2) is 12.1 Å². The largest absolute Gasteiger partial charge is 0.371 e.